The first-order chi connectivity index (χ1) is 14.7. The van der Waals surface area contributed by atoms with E-state index in [1.807, 2.05) is 0 Å². The summed E-state index contributed by atoms with van der Waals surface area (Å²) in [7, 11) is 0. The van der Waals surface area contributed by atoms with E-state index in [1.54, 1.807) is 0 Å². The second-order valence-electron chi connectivity index (χ2n) is 6.98. The average Bonchev–Trinajstić information content (AvgIpc) is 2.70. The molecule has 31 heavy (non-hydrogen) atoms. The van der Waals surface area contributed by atoms with Crippen LogP contribution in [0.25, 0.3) is 6.08 Å². The highest BCUT2D eigenvalue weighted by atomic mass is 19.3. The lowest BCUT2D eigenvalue weighted by Crippen LogP contribution is -2.42. The van der Waals surface area contributed by atoms with Gasteiger partial charge in [-0.15, -0.1) is 0 Å². The number of rotatable bonds is 11. The highest BCUT2D eigenvalue weighted by Gasteiger charge is 2.23. The van der Waals surface area contributed by atoms with Crippen molar-refractivity contribution in [1.29, 1.82) is 0 Å². The molecule has 1 aromatic rings. The number of halogens is 4. The second kappa shape index (κ2) is 12.1. The predicted octanol–water partition coefficient (Wildman–Crippen LogP) is 2.61. The molecule has 2 rings (SSSR count). The van der Waals surface area contributed by atoms with Gasteiger partial charge < -0.3 is 25.4 Å². The number of hydrogen-bond donors (Lipinski definition) is 2. The zero-order valence-electron chi connectivity index (χ0n) is 16.7. The van der Waals surface area contributed by atoms with Crippen LogP contribution in [0.4, 0.5) is 17.6 Å². The van der Waals surface area contributed by atoms with Crippen molar-refractivity contribution in [3.63, 3.8) is 0 Å². The third-order valence-corrected chi connectivity index (χ3v) is 4.70. The molecule has 3 N–H and O–H groups in total. The number of benzene rings is 1. The summed E-state index contributed by atoms with van der Waals surface area (Å²) in [5.74, 6) is -1.64. The molecule has 0 bridgehead atoms. The molecule has 0 saturated carbocycles. The van der Waals surface area contributed by atoms with Crippen molar-refractivity contribution in [2.24, 2.45) is 11.7 Å². The Morgan fingerprint density at radius 1 is 1.23 bits per heavy atom. The smallest absolute Gasteiger partial charge is 0.387 e. The van der Waals surface area contributed by atoms with E-state index in [0.29, 0.717) is 26.1 Å². The summed E-state index contributed by atoms with van der Waals surface area (Å²) in [6.07, 6.45) is 4.71. The fraction of sp³-hybridized carbons (Fsp3) is 0.500. The van der Waals surface area contributed by atoms with Gasteiger partial charge in [0, 0.05) is 30.8 Å². The summed E-state index contributed by atoms with van der Waals surface area (Å²) in [4.78, 5) is 25.4. The van der Waals surface area contributed by atoms with E-state index in [-0.39, 0.29) is 23.1 Å². The molecule has 1 fully saturated rings. The molecule has 0 spiro atoms. The van der Waals surface area contributed by atoms with Gasteiger partial charge in [0.15, 0.2) is 0 Å². The van der Waals surface area contributed by atoms with E-state index >= 15 is 0 Å². The maximum absolute atomic E-state index is 12.6. The first-order valence-electron chi connectivity index (χ1n) is 9.76. The summed E-state index contributed by atoms with van der Waals surface area (Å²) in [6, 6.07) is 3.28. The van der Waals surface area contributed by atoms with Crippen molar-refractivity contribution in [2.45, 2.75) is 32.5 Å². The van der Waals surface area contributed by atoms with Crippen LogP contribution in [0, 0.1) is 5.92 Å². The zero-order chi connectivity index (χ0) is 22.8. The fourth-order valence-electron chi connectivity index (χ4n) is 3.26. The van der Waals surface area contributed by atoms with Gasteiger partial charge in [-0.25, -0.2) is 0 Å². The van der Waals surface area contributed by atoms with Crippen molar-refractivity contribution in [2.75, 3.05) is 26.2 Å². The van der Waals surface area contributed by atoms with Crippen molar-refractivity contribution < 1.29 is 36.6 Å². The summed E-state index contributed by atoms with van der Waals surface area (Å²) in [5, 5.41) is 2.67. The van der Waals surface area contributed by atoms with Crippen LogP contribution in [0.3, 0.4) is 0 Å². The summed E-state index contributed by atoms with van der Waals surface area (Å²) >= 11 is 0. The maximum atomic E-state index is 12.6. The van der Waals surface area contributed by atoms with E-state index in [1.165, 1.54) is 12.1 Å². The number of carbonyl (C=O) groups is 2. The van der Waals surface area contributed by atoms with Gasteiger partial charge in [-0.05, 0) is 50.6 Å². The van der Waals surface area contributed by atoms with Gasteiger partial charge in [0.2, 0.25) is 11.8 Å². The van der Waals surface area contributed by atoms with Crippen LogP contribution in [-0.2, 0) is 9.59 Å². The number of ether oxygens (including phenoxy) is 2. The molecule has 1 aliphatic heterocycles. The second-order valence-corrected chi connectivity index (χ2v) is 6.98. The Morgan fingerprint density at radius 2 is 1.97 bits per heavy atom. The minimum absolute atomic E-state index is 0.0999. The molecule has 1 unspecified atom stereocenters. The monoisotopic (exact) mass is 447 g/mol. The number of nitrogens with two attached hydrogens (primary N) is 1. The quantitative estimate of drug-likeness (QED) is 0.309. The molecule has 1 aliphatic rings. The third-order valence-electron chi connectivity index (χ3n) is 4.70. The highest BCUT2D eigenvalue weighted by Crippen LogP contribution is 2.28. The van der Waals surface area contributed by atoms with Gasteiger partial charge in [-0.2, -0.15) is 17.6 Å². The fourth-order valence-corrected chi connectivity index (χ4v) is 3.26. The summed E-state index contributed by atoms with van der Waals surface area (Å²) < 4.78 is 58.2. The van der Waals surface area contributed by atoms with Crippen molar-refractivity contribution in [3.05, 3.63) is 29.8 Å². The van der Waals surface area contributed by atoms with E-state index in [9.17, 15) is 27.2 Å². The van der Waals surface area contributed by atoms with Crippen LogP contribution in [0.15, 0.2) is 24.3 Å². The van der Waals surface area contributed by atoms with Gasteiger partial charge in [0.05, 0.1) is 5.92 Å². The molecule has 1 aromatic carbocycles. The highest BCUT2D eigenvalue weighted by molar-refractivity contribution is 5.92. The molecule has 0 aliphatic carbocycles. The molecule has 2 amide bonds. The Balaban J connectivity index is 1.83. The Labute approximate surface area is 177 Å². The van der Waals surface area contributed by atoms with E-state index < -0.39 is 24.9 Å². The molecule has 1 atom stereocenters. The topological polar surface area (TPSA) is 93.9 Å². The number of nitrogens with zero attached hydrogens (tertiary/aromatic N) is 1. The largest absolute Gasteiger partial charge is 0.435 e. The lowest BCUT2D eigenvalue weighted by Gasteiger charge is -2.31. The van der Waals surface area contributed by atoms with Crippen LogP contribution in [0.2, 0.25) is 0 Å². The maximum Gasteiger partial charge on any atom is 0.387 e. The molecular weight excluding hydrogens is 422 g/mol. The molecule has 0 aromatic heterocycles. The minimum Gasteiger partial charge on any atom is -0.435 e. The first-order valence-corrected chi connectivity index (χ1v) is 9.76. The van der Waals surface area contributed by atoms with Crippen molar-refractivity contribution in [1.82, 2.24) is 10.2 Å². The minimum atomic E-state index is -3.17. The molecule has 1 heterocycles. The van der Waals surface area contributed by atoms with E-state index in [4.69, 9.17) is 5.73 Å². The van der Waals surface area contributed by atoms with Crippen LogP contribution in [0.1, 0.15) is 24.8 Å². The van der Waals surface area contributed by atoms with Gasteiger partial charge in [0.1, 0.15) is 11.5 Å². The number of likely N-dealkylation sites (tertiary alicyclic amines) is 1. The Morgan fingerprint density at radius 3 is 2.65 bits per heavy atom. The number of piperidine rings is 1. The molecule has 1 saturated heterocycles. The van der Waals surface area contributed by atoms with E-state index in [0.717, 1.165) is 37.6 Å². The SMILES string of the molecule is NC(=O)C1CCCN(CCCNC(=O)/C=C/c2ccc(OC(F)F)cc2OC(F)F)C1. The van der Waals surface area contributed by atoms with Crippen molar-refractivity contribution >= 4 is 17.9 Å². The van der Waals surface area contributed by atoms with Gasteiger partial charge >= 0.3 is 13.2 Å². The Bertz CT molecular complexity index is 777. The lowest BCUT2D eigenvalue weighted by molar-refractivity contribution is -0.123. The number of primary amides is 1. The average molecular weight is 447 g/mol. The number of carbonyl (C=O) groups excluding carboxylic acids is 2. The summed E-state index contributed by atoms with van der Waals surface area (Å²) in [5.41, 5.74) is 5.45. The normalized spacial score (nSPS) is 17.3. The van der Waals surface area contributed by atoms with Gasteiger partial charge in [-0.1, -0.05) is 0 Å². The lowest BCUT2D eigenvalue weighted by atomic mass is 9.97. The Kier molecular flexibility index (Phi) is 9.57. The number of hydrogen-bond acceptors (Lipinski definition) is 5. The number of nitrogens with one attached hydrogen (secondary N) is 1. The standard InChI is InChI=1S/C20H25F4N3O4/c21-19(22)30-15-6-4-13(16(11-15)31-20(23)24)5-7-17(28)26-8-2-10-27-9-1-3-14(12-27)18(25)29/h4-7,11,14,19-20H,1-3,8-10,12H2,(H2,25,29)(H,26,28)/b7-5+. The van der Waals surface area contributed by atoms with E-state index in [2.05, 4.69) is 19.7 Å². The number of alkyl halides is 4. The molecule has 7 nitrogen and oxygen atoms in total. The van der Waals surface area contributed by atoms with Crippen molar-refractivity contribution in [3.8, 4) is 11.5 Å². The molecule has 0 radical (unpaired) electrons. The first kappa shape index (κ1) is 24.4. The summed E-state index contributed by atoms with van der Waals surface area (Å²) in [6.45, 7) is -3.73. The molecule has 11 heteroatoms. The number of amides is 2. The van der Waals surface area contributed by atoms with Crippen LogP contribution in [0.5, 0.6) is 11.5 Å². The van der Waals surface area contributed by atoms with Crippen LogP contribution >= 0.6 is 0 Å². The molecular formula is C20H25F4N3O4. The molecule has 172 valence electrons. The Hall–Kier alpha value is -2.82. The van der Waals surface area contributed by atoms with Crippen LogP contribution in [-0.4, -0.2) is 56.1 Å². The predicted molar refractivity (Wildman–Crippen MR) is 105 cm³/mol. The zero-order valence-corrected chi connectivity index (χ0v) is 16.7. The third kappa shape index (κ3) is 8.83. The van der Waals surface area contributed by atoms with Gasteiger partial charge in [-0.3, -0.25) is 9.59 Å². The van der Waals surface area contributed by atoms with Crippen LogP contribution < -0.4 is 20.5 Å². The van der Waals surface area contributed by atoms with Gasteiger partial charge in [0.25, 0.3) is 0 Å².